The SMILES string of the molecule is CCCCNC(=O)c1sc(NC2CCC2)nc1N. The van der Waals surface area contributed by atoms with Gasteiger partial charge in [-0.25, -0.2) is 4.98 Å². The summed E-state index contributed by atoms with van der Waals surface area (Å²) in [7, 11) is 0. The van der Waals surface area contributed by atoms with Gasteiger partial charge in [-0.05, 0) is 25.7 Å². The summed E-state index contributed by atoms with van der Waals surface area (Å²) in [6, 6.07) is 0.506. The van der Waals surface area contributed by atoms with Crippen LogP contribution in [0.2, 0.25) is 0 Å². The Bertz CT molecular complexity index is 414. The molecule has 0 unspecified atom stereocenters. The van der Waals surface area contributed by atoms with Crippen LogP contribution in [0.5, 0.6) is 0 Å². The molecule has 2 rings (SSSR count). The highest BCUT2D eigenvalue weighted by Crippen LogP contribution is 2.29. The molecule has 1 heterocycles. The molecular formula is C12H20N4OS. The minimum absolute atomic E-state index is 0.111. The molecule has 5 nitrogen and oxygen atoms in total. The van der Waals surface area contributed by atoms with Crippen molar-refractivity contribution in [3.05, 3.63) is 4.88 Å². The van der Waals surface area contributed by atoms with Gasteiger partial charge in [0, 0.05) is 12.6 Å². The minimum Gasteiger partial charge on any atom is -0.382 e. The summed E-state index contributed by atoms with van der Waals surface area (Å²) < 4.78 is 0. The second kappa shape index (κ2) is 6.04. The number of unbranched alkanes of at least 4 members (excludes halogenated alkanes) is 1. The molecule has 18 heavy (non-hydrogen) atoms. The number of anilines is 2. The van der Waals surface area contributed by atoms with Crippen molar-refractivity contribution in [2.24, 2.45) is 0 Å². The van der Waals surface area contributed by atoms with E-state index in [-0.39, 0.29) is 5.91 Å². The highest BCUT2D eigenvalue weighted by atomic mass is 32.1. The van der Waals surface area contributed by atoms with Crippen molar-refractivity contribution in [1.82, 2.24) is 10.3 Å². The second-order valence-electron chi connectivity index (χ2n) is 4.62. The van der Waals surface area contributed by atoms with E-state index in [1.807, 2.05) is 0 Å². The Morgan fingerprint density at radius 3 is 2.94 bits per heavy atom. The highest BCUT2D eigenvalue weighted by molar-refractivity contribution is 7.18. The standard InChI is InChI=1S/C12H20N4OS/c1-2-3-7-14-11(17)9-10(13)16-12(18-9)15-8-5-4-6-8/h8H,2-7,13H2,1H3,(H,14,17)(H,15,16). The Morgan fingerprint density at radius 1 is 1.56 bits per heavy atom. The van der Waals surface area contributed by atoms with Crippen LogP contribution in [0, 0.1) is 0 Å². The van der Waals surface area contributed by atoms with Crippen molar-refractivity contribution >= 4 is 28.2 Å². The fourth-order valence-electron chi connectivity index (χ4n) is 1.74. The van der Waals surface area contributed by atoms with E-state index in [0.717, 1.165) is 18.0 Å². The first-order valence-electron chi connectivity index (χ1n) is 6.51. The number of hydrogen-bond donors (Lipinski definition) is 3. The molecule has 1 amide bonds. The molecule has 6 heteroatoms. The second-order valence-corrected chi connectivity index (χ2v) is 5.61. The number of aromatic nitrogens is 1. The summed E-state index contributed by atoms with van der Waals surface area (Å²) in [6.07, 6.45) is 5.67. The van der Waals surface area contributed by atoms with Crippen molar-refractivity contribution in [3.63, 3.8) is 0 Å². The third kappa shape index (κ3) is 3.13. The highest BCUT2D eigenvalue weighted by Gasteiger charge is 2.21. The molecule has 100 valence electrons. The molecule has 1 fully saturated rings. The van der Waals surface area contributed by atoms with E-state index in [1.165, 1.54) is 30.6 Å². The van der Waals surface area contributed by atoms with Crippen molar-refractivity contribution < 1.29 is 4.79 Å². The van der Waals surface area contributed by atoms with Crippen LogP contribution in [-0.4, -0.2) is 23.5 Å². The maximum absolute atomic E-state index is 11.9. The van der Waals surface area contributed by atoms with E-state index in [0.29, 0.717) is 23.3 Å². The molecule has 1 saturated carbocycles. The summed E-state index contributed by atoms with van der Waals surface area (Å²) >= 11 is 1.34. The minimum atomic E-state index is -0.111. The molecule has 0 aromatic carbocycles. The predicted octanol–water partition coefficient (Wildman–Crippen LogP) is 2.22. The fraction of sp³-hybridized carbons (Fsp3) is 0.667. The van der Waals surface area contributed by atoms with Gasteiger partial charge in [0.15, 0.2) is 5.13 Å². The molecule has 1 aromatic rings. The summed E-state index contributed by atoms with van der Waals surface area (Å²) in [5, 5.41) is 6.93. The molecule has 0 saturated heterocycles. The van der Waals surface area contributed by atoms with Gasteiger partial charge in [-0.2, -0.15) is 0 Å². The smallest absolute Gasteiger partial charge is 0.265 e. The van der Waals surface area contributed by atoms with Gasteiger partial charge in [0.2, 0.25) is 0 Å². The number of nitrogens with two attached hydrogens (primary N) is 1. The molecule has 1 aliphatic rings. The summed E-state index contributed by atoms with van der Waals surface area (Å²) in [4.78, 5) is 16.6. The number of rotatable bonds is 6. The van der Waals surface area contributed by atoms with Gasteiger partial charge in [0.1, 0.15) is 10.7 Å². The first-order chi connectivity index (χ1) is 8.70. The molecule has 0 atom stereocenters. The quantitative estimate of drug-likeness (QED) is 0.691. The molecule has 1 aliphatic carbocycles. The van der Waals surface area contributed by atoms with Gasteiger partial charge < -0.3 is 16.4 Å². The van der Waals surface area contributed by atoms with Crippen LogP contribution >= 0.6 is 11.3 Å². The predicted molar refractivity (Wildman–Crippen MR) is 75.0 cm³/mol. The van der Waals surface area contributed by atoms with Gasteiger partial charge in [-0.15, -0.1) is 0 Å². The third-order valence-corrected chi connectivity index (χ3v) is 4.11. The molecule has 0 bridgehead atoms. The Morgan fingerprint density at radius 2 is 2.33 bits per heavy atom. The van der Waals surface area contributed by atoms with Crippen molar-refractivity contribution in [2.75, 3.05) is 17.6 Å². The largest absolute Gasteiger partial charge is 0.382 e. The lowest BCUT2D eigenvalue weighted by Crippen LogP contribution is -2.26. The van der Waals surface area contributed by atoms with E-state index in [9.17, 15) is 4.79 Å². The van der Waals surface area contributed by atoms with Crippen LogP contribution in [0.15, 0.2) is 0 Å². The van der Waals surface area contributed by atoms with E-state index >= 15 is 0 Å². The van der Waals surface area contributed by atoms with E-state index < -0.39 is 0 Å². The Labute approximate surface area is 111 Å². The van der Waals surface area contributed by atoms with E-state index in [4.69, 9.17) is 5.73 Å². The Balaban J connectivity index is 1.92. The number of hydrogen-bond acceptors (Lipinski definition) is 5. The maximum atomic E-state index is 11.9. The van der Waals surface area contributed by atoms with Crippen molar-refractivity contribution in [1.29, 1.82) is 0 Å². The number of carbonyl (C=O) groups excluding carboxylic acids is 1. The van der Waals surface area contributed by atoms with Crippen LogP contribution in [-0.2, 0) is 0 Å². The monoisotopic (exact) mass is 268 g/mol. The fourth-order valence-corrected chi connectivity index (χ4v) is 2.62. The van der Waals surface area contributed by atoms with E-state index in [2.05, 4.69) is 22.5 Å². The molecule has 0 aliphatic heterocycles. The summed E-state index contributed by atoms with van der Waals surface area (Å²) in [5.74, 6) is 0.218. The topological polar surface area (TPSA) is 80.0 Å². The number of carbonyl (C=O) groups is 1. The lowest BCUT2D eigenvalue weighted by molar-refractivity contribution is 0.0958. The molecule has 1 aromatic heterocycles. The zero-order chi connectivity index (χ0) is 13.0. The zero-order valence-corrected chi connectivity index (χ0v) is 11.5. The van der Waals surface area contributed by atoms with Crippen LogP contribution in [0.25, 0.3) is 0 Å². The third-order valence-electron chi connectivity index (χ3n) is 3.11. The van der Waals surface area contributed by atoms with Gasteiger partial charge in [0.05, 0.1) is 0 Å². The Kier molecular flexibility index (Phi) is 4.41. The number of amides is 1. The van der Waals surface area contributed by atoms with Crippen molar-refractivity contribution in [2.45, 2.75) is 45.1 Å². The van der Waals surface area contributed by atoms with Crippen LogP contribution in [0.4, 0.5) is 10.9 Å². The van der Waals surface area contributed by atoms with Gasteiger partial charge >= 0.3 is 0 Å². The average Bonchev–Trinajstić information content (AvgIpc) is 2.65. The lowest BCUT2D eigenvalue weighted by Gasteiger charge is -2.25. The summed E-state index contributed by atoms with van der Waals surface area (Å²) in [5.41, 5.74) is 5.78. The molecule has 4 N–H and O–H groups in total. The number of nitrogens with zero attached hydrogens (tertiary/aromatic N) is 1. The van der Waals surface area contributed by atoms with Crippen LogP contribution in [0.3, 0.4) is 0 Å². The normalized spacial score (nSPS) is 15.2. The van der Waals surface area contributed by atoms with E-state index in [1.54, 1.807) is 0 Å². The van der Waals surface area contributed by atoms with Gasteiger partial charge in [-0.1, -0.05) is 24.7 Å². The molecular weight excluding hydrogens is 248 g/mol. The molecule has 0 spiro atoms. The zero-order valence-electron chi connectivity index (χ0n) is 10.7. The van der Waals surface area contributed by atoms with Crippen LogP contribution in [0.1, 0.15) is 48.7 Å². The number of nitrogen functional groups attached to an aromatic ring is 1. The number of nitrogens with one attached hydrogen (secondary N) is 2. The van der Waals surface area contributed by atoms with Gasteiger partial charge in [-0.3, -0.25) is 4.79 Å². The van der Waals surface area contributed by atoms with Crippen LogP contribution < -0.4 is 16.4 Å². The first kappa shape index (κ1) is 13.1. The van der Waals surface area contributed by atoms with Gasteiger partial charge in [0.25, 0.3) is 5.91 Å². The average molecular weight is 268 g/mol. The number of thiazole rings is 1. The summed E-state index contributed by atoms with van der Waals surface area (Å²) in [6.45, 7) is 2.78. The molecule has 0 radical (unpaired) electrons. The lowest BCUT2D eigenvalue weighted by atomic mass is 9.93. The van der Waals surface area contributed by atoms with Crippen molar-refractivity contribution in [3.8, 4) is 0 Å². The first-order valence-corrected chi connectivity index (χ1v) is 7.33. The Hall–Kier alpha value is -1.30. The maximum Gasteiger partial charge on any atom is 0.265 e.